The highest BCUT2D eigenvalue weighted by atomic mass is 16.2. The lowest BCUT2D eigenvalue weighted by atomic mass is 10.00. The van der Waals surface area contributed by atoms with Gasteiger partial charge < -0.3 is 16.0 Å². The summed E-state index contributed by atoms with van der Waals surface area (Å²) < 4.78 is 0. The predicted molar refractivity (Wildman–Crippen MR) is 87.4 cm³/mol. The molecule has 5 nitrogen and oxygen atoms in total. The monoisotopic (exact) mass is 303 g/mol. The second kappa shape index (κ2) is 7.40. The van der Waals surface area contributed by atoms with Gasteiger partial charge in [0.15, 0.2) is 0 Å². The van der Waals surface area contributed by atoms with Crippen LogP contribution in [-0.4, -0.2) is 36.9 Å². The van der Waals surface area contributed by atoms with E-state index in [2.05, 4.69) is 5.32 Å². The lowest BCUT2D eigenvalue weighted by Gasteiger charge is -2.15. The van der Waals surface area contributed by atoms with Crippen molar-refractivity contribution >= 4 is 17.5 Å². The maximum atomic E-state index is 12.0. The third kappa shape index (κ3) is 4.56. The topological polar surface area (TPSA) is 75.4 Å². The zero-order valence-electron chi connectivity index (χ0n) is 13.3. The summed E-state index contributed by atoms with van der Waals surface area (Å²) in [6.45, 7) is 0. The predicted octanol–water partition coefficient (Wildman–Crippen LogP) is 1.77. The Morgan fingerprint density at radius 2 is 1.91 bits per heavy atom. The van der Waals surface area contributed by atoms with Crippen LogP contribution in [0.2, 0.25) is 0 Å². The van der Waals surface area contributed by atoms with Crippen molar-refractivity contribution in [1.29, 1.82) is 0 Å². The highest BCUT2D eigenvalue weighted by molar-refractivity contribution is 5.91. The van der Waals surface area contributed by atoms with Crippen LogP contribution in [0.1, 0.15) is 31.2 Å². The largest absolute Gasteiger partial charge is 0.349 e. The summed E-state index contributed by atoms with van der Waals surface area (Å²) in [4.78, 5) is 25.3. The van der Waals surface area contributed by atoms with Gasteiger partial charge in [0.05, 0.1) is 6.42 Å². The quantitative estimate of drug-likeness (QED) is 0.870. The van der Waals surface area contributed by atoms with Crippen LogP contribution in [0.25, 0.3) is 0 Å². The highest BCUT2D eigenvalue weighted by Gasteiger charge is 2.25. The molecule has 0 bridgehead atoms. The molecule has 1 aromatic carbocycles. The minimum absolute atomic E-state index is 0.0134. The molecule has 1 saturated carbocycles. The van der Waals surface area contributed by atoms with Crippen LogP contribution >= 0.6 is 0 Å². The highest BCUT2D eigenvalue weighted by Crippen LogP contribution is 2.27. The third-order valence-corrected chi connectivity index (χ3v) is 4.26. The molecular formula is C17H25N3O2. The lowest BCUT2D eigenvalue weighted by molar-refractivity contribution is -0.128. The van der Waals surface area contributed by atoms with Crippen molar-refractivity contribution in [2.24, 2.45) is 11.7 Å². The van der Waals surface area contributed by atoms with Gasteiger partial charge in [-0.05, 0) is 36.5 Å². The molecule has 0 aromatic heterocycles. The number of carbonyl (C=O) groups excluding carboxylic acids is 2. The van der Waals surface area contributed by atoms with E-state index in [0.29, 0.717) is 18.8 Å². The second-order valence-electron chi connectivity index (χ2n) is 6.27. The van der Waals surface area contributed by atoms with Crippen molar-refractivity contribution in [3.05, 3.63) is 29.8 Å². The molecule has 120 valence electrons. The Balaban J connectivity index is 1.85. The Morgan fingerprint density at radius 3 is 2.45 bits per heavy atom. The Bertz CT molecular complexity index is 525. The summed E-state index contributed by atoms with van der Waals surface area (Å²) in [6.07, 6.45) is 4.04. The van der Waals surface area contributed by atoms with Crippen molar-refractivity contribution in [3.63, 3.8) is 0 Å². The molecule has 1 aliphatic carbocycles. The van der Waals surface area contributed by atoms with Crippen molar-refractivity contribution < 1.29 is 9.59 Å². The molecule has 0 spiro atoms. The Kier molecular flexibility index (Phi) is 5.55. The standard InChI is InChI=1S/C17H25N3O2/c1-20(2)17(22)10-12-6-8-14(9-7-12)19-16(21)11-13-4-3-5-15(13)18/h6-9,13,15H,3-5,10-11,18H2,1-2H3,(H,19,21)/t13-,15+/m0/s1. The van der Waals surface area contributed by atoms with E-state index >= 15 is 0 Å². The van der Waals surface area contributed by atoms with Crippen molar-refractivity contribution in [1.82, 2.24) is 4.90 Å². The van der Waals surface area contributed by atoms with Crippen LogP contribution in [0.5, 0.6) is 0 Å². The SMILES string of the molecule is CN(C)C(=O)Cc1ccc(NC(=O)C[C@@H]2CCC[C@H]2N)cc1. The van der Waals surface area contributed by atoms with E-state index in [4.69, 9.17) is 5.73 Å². The number of nitrogens with zero attached hydrogens (tertiary/aromatic N) is 1. The summed E-state index contributed by atoms with van der Waals surface area (Å²) in [5.74, 6) is 0.378. The average molecular weight is 303 g/mol. The molecule has 0 heterocycles. The normalized spacial score (nSPS) is 20.7. The van der Waals surface area contributed by atoms with Gasteiger partial charge in [-0.3, -0.25) is 9.59 Å². The number of nitrogens with two attached hydrogens (primary N) is 1. The van der Waals surface area contributed by atoms with Gasteiger partial charge in [0.1, 0.15) is 0 Å². The molecule has 1 aliphatic rings. The van der Waals surface area contributed by atoms with E-state index in [0.717, 1.165) is 30.5 Å². The second-order valence-corrected chi connectivity index (χ2v) is 6.27. The Morgan fingerprint density at radius 1 is 1.23 bits per heavy atom. The zero-order valence-corrected chi connectivity index (χ0v) is 13.3. The molecule has 22 heavy (non-hydrogen) atoms. The molecule has 2 rings (SSSR count). The first kappa shape index (κ1) is 16.5. The molecule has 0 radical (unpaired) electrons. The molecule has 0 saturated heterocycles. The molecule has 3 N–H and O–H groups in total. The Labute approximate surface area is 131 Å². The molecule has 0 aliphatic heterocycles. The fraction of sp³-hybridized carbons (Fsp3) is 0.529. The molecule has 0 unspecified atom stereocenters. The first-order chi connectivity index (χ1) is 10.5. The molecule has 2 atom stereocenters. The number of carbonyl (C=O) groups is 2. The van der Waals surface area contributed by atoms with Gasteiger partial charge in [-0.15, -0.1) is 0 Å². The number of benzene rings is 1. The van der Waals surface area contributed by atoms with E-state index < -0.39 is 0 Å². The van der Waals surface area contributed by atoms with Gasteiger partial charge in [-0.2, -0.15) is 0 Å². The lowest BCUT2D eigenvalue weighted by Crippen LogP contribution is -2.28. The van der Waals surface area contributed by atoms with Crippen molar-refractivity contribution in [2.45, 2.75) is 38.1 Å². The van der Waals surface area contributed by atoms with E-state index in [1.165, 1.54) is 0 Å². The van der Waals surface area contributed by atoms with Gasteiger partial charge in [0.2, 0.25) is 11.8 Å². The third-order valence-electron chi connectivity index (χ3n) is 4.26. The maximum absolute atomic E-state index is 12.0. The van der Waals surface area contributed by atoms with Crippen molar-refractivity contribution in [3.8, 4) is 0 Å². The zero-order chi connectivity index (χ0) is 16.1. The summed E-state index contributed by atoms with van der Waals surface area (Å²) in [6, 6.07) is 7.58. The number of anilines is 1. The van der Waals surface area contributed by atoms with Gasteiger partial charge in [0, 0.05) is 32.2 Å². The summed E-state index contributed by atoms with van der Waals surface area (Å²) in [5.41, 5.74) is 7.70. The summed E-state index contributed by atoms with van der Waals surface area (Å²) in [7, 11) is 3.48. The first-order valence-corrected chi connectivity index (χ1v) is 7.80. The fourth-order valence-electron chi connectivity index (χ4n) is 2.81. The first-order valence-electron chi connectivity index (χ1n) is 7.80. The minimum Gasteiger partial charge on any atom is -0.349 e. The van der Waals surface area contributed by atoms with Crippen LogP contribution < -0.4 is 11.1 Å². The number of hydrogen-bond donors (Lipinski definition) is 2. The molecular weight excluding hydrogens is 278 g/mol. The summed E-state index contributed by atoms with van der Waals surface area (Å²) >= 11 is 0. The fourth-order valence-corrected chi connectivity index (χ4v) is 2.81. The number of rotatable bonds is 5. The molecule has 2 amide bonds. The Hall–Kier alpha value is -1.88. The van der Waals surface area contributed by atoms with E-state index in [1.54, 1.807) is 19.0 Å². The van der Waals surface area contributed by atoms with Crippen LogP contribution in [0.4, 0.5) is 5.69 Å². The minimum atomic E-state index is 0.0134. The van der Waals surface area contributed by atoms with Gasteiger partial charge in [-0.25, -0.2) is 0 Å². The van der Waals surface area contributed by atoms with Crippen LogP contribution in [-0.2, 0) is 16.0 Å². The smallest absolute Gasteiger partial charge is 0.226 e. The van der Waals surface area contributed by atoms with Crippen LogP contribution in [0.15, 0.2) is 24.3 Å². The van der Waals surface area contributed by atoms with Gasteiger partial charge >= 0.3 is 0 Å². The average Bonchev–Trinajstić information content (AvgIpc) is 2.86. The molecule has 5 heteroatoms. The van der Waals surface area contributed by atoms with E-state index in [1.807, 2.05) is 24.3 Å². The number of hydrogen-bond acceptors (Lipinski definition) is 3. The van der Waals surface area contributed by atoms with E-state index in [-0.39, 0.29) is 17.9 Å². The van der Waals surface area contributed by atoms with Crippen LogP contribution in [0.3, 0.4) is 0 Å². The number of nitrogens with one attached hydrogen (secondary N) is 1. The van der Waals surface area contributed by atoms with Crippen molar-refractivity contribution in [2.75, 3.05) is 19.4 Å². The van der Waals surface area contributed by atoms with Crippen LogP contribution in [0, 0.1) is 5.92 Å². The van der Waals surface area contributed by atoms with Gasteiger partial charge in [0.25, 0.3) is 0 Å². The van der Waals surface area contributed by atoms with Gasteiger partial charge in [-0.1, -0.05) is 18.6 Å². The summed E-state index contributed by atoms with van der Waals surface area (Å²) in [5, 5.41) is 2.90. The maximum Gasteiger partial charge on any atom is 0.226 e. The van der Waals surface area contributed by atoms with E-state index in [9.17, 15) is 9.59 Å². The molecule has 1 fully saturated rings. The number of likely N-dealkylation sites (N-methyl/N-ethyl adjacent to an activating group) is 1. The molecule has 1 aromatic rings. The number of amides is 2.